The minimum absolute atomic E-state index is 0.153. The second-order valence-electron chi connectivity index (χ2n) is 10.1. The predicted molar refractivity (Wildman–Crippen MR) is 138 cm³/mol. The summed E-state index contributed by atoms with van der Waals surface area (Å²) in [4.78, 5) is 31.4. The van der Waals surface area contributed by atoms with Crippen molar-refractivity contribution in [2.75, 3.05) is 29.0 Å². The third kappa shape index (κ3) is 6.39. The summed E-state index contributed by atoms with van der Waals surface area (Å²) in [6.07, 6.45) is 1.72. The number of ether oxygens (including phenoxy) is 1. The van der Waals surface area contributed by atoms with Gasteiger partial charge in [0.25, 0.3) is 5.91 Å². The molecule has 1 fully saturated rings. The first kappa shape index (κ1) is 25.2. The molecule has 36 heavy (non-hydrogen) atoms. The van der Waals surface area contributed by atoms with E-state index in [0.29, 0.717) is 34.7 Å². The van der Waals surface area contributed by atoms with Gasteiger partial charge in [-0.1, -0.05) is 25.9 Å². The van der Waals surface area contributed by atoms with Crippen LogP contribution < -0.4 is 20.7 Å². The van der Waals surface area contributed by atoms with Crippen LogP contribution in [0.15, 0.2) is 53.2 Å². The number of urea groups is 1. The summed E-state index contributed by atoms with van der Waals surface area (Å²) in [6.45, 7) is 12.1. The van der Waals surface area contributed by atoms with Crippen LogP contribution in [0.2, 0.25) is 0 Å². The van der Waals surface area contributed by atoms with Gasteiger partial charge >= 0.3 is 6.03 Å². The topological polar surface area (TPSA) is 122 Å². The minimum Gasteiger partial charge on any atom is -0.486 e. The molecule has 190 valence electrons. The first-order chi connectivity index (χ1) is 17.1. The quantitative estimate of drug-likeness (QED) is 0.436. The molecule has 0 spiro atoms. The van der Waals surface area contributed by atoms with Crippen LogP contribution in [0.25, 0.3) is 0 Å². The van der Waals surface area contributed by atoms with E-state index in [9.17, 15) is 9.59 Å². The van der Waals surface area contributed by atoms with Crippen LogP contribution in [0.3, 0.4) is 0 Å². The monoisotopic (exact) mass is 492 g/mol. The smallest absolute Gasteiger partial charge is 0.324 e. The average molecular weight is 493 g/mol. The van der Waals surface area contributed by atoms with Gasteiger partial charge in [0.05, 0.1) is 6.20 Å². The van der Waals surface area contributed by atoms with E-state index in [-0.39, 0.29) is 23.1 Å². The summed E-state index contributed by atoms with van der Waals surface area (Å²) in [6, 6.07) is 11.9. The Morgan fingerprint density at radius 2 is 1.69 bits per heavy atom. The Hall–Kier alpha value is -3.92. The Morgan fingerprint density at radius 3 is 2.25 bits per heavy atom. The molecule has 10 heteroatoms. The van der Waals surface area contributed by atoms with Crippen molar-refractivity contribution in [2.45, 2.75) is 52.2 Å². The number of hydrogen-bond acceptors (Lipinski definition) is 7. The van der Waals surface area contributed by atoms with Gasteiger partial charge in [-0.2, -0.15) is 0 Å². The normalized spacial score (nSPS) is 14.3. The molecule has 0 radical (unpaired) electrons. The van der Waals surface area contributed by atoms with Gasteiger partial charge in [0.15, 0.2) is 5.82 Å². The standard InChI is InChI=1S/C26H32N6O4/c1-16(2)32-14-20(15-32)35-19-10-11-21(27-13-19)24(33)28-17-6-8-18(9-7-17)29-25(34)30-23-12-22(36-31-23)26(3,4)5/h6-13,16,20H,14-15H2,1-5H3,(H,28,33)(H2,29,30,31,34). The third-order valence-electron chi connectivity index (χ3n) is 5.77. The first-order valence-electron chi connectivity index (χ1n) is 11.9. The maximum absolute atomic E-state index is 12.6. The van der Waals surface area contributed by atoms with Gasteiger partial charge < -0.3 is 19.9 Å². The van der Waals surface area contributed by atoms with Gasteiger partial charge in [-0.3, -0.25) is 15.0 Å². The molecule has 0 atom stereocenters. The second kappa shape index (κ2) is 10.4. The number of likely N-dealkylation sites (tertiary alicyclic amines) is 1. The van der Waals surface area contributed by atoms with Crippen LogP contribution in [0.5, 0.6) is 5.75 Å². The summed E-state index contributed by atoms with van der Waals surface area (Å²) in [5.41, 5.74) is 1.20. The summed E-state index contributed by atoms with van der Waals surface area (Å²) in [5.74, 6) is 1.31. The van der Waals surface area contributed by atoms with Crippen molar-refractivity contribution in [3.05, 3.63) is 60.1 Å². The molecule has 0 saturated carbocycles. The number of anilines is 3. The zero-order valence-electron chi connectivity index (χ0n) is 21.2. The van der Waals surface area contributed by atoms with Gasteiger partial charge in [-0.25, -0.2) is 9.78 Å². The van der Waals surface area contributed by atoms with Crippen molar-refractivity contribution in [1.29, 1.82) is 0 Å². The first-order valence-corrected chi connectivity index (χ1v) is 11.9. The molecule has 0 unspecified atom stereocenters. The zero-order chi connectivity index (χ0) is 25.9. The minimum atomic E-state index is -0.453. The van der Waals surface area contributed by atoms with Crippen molar-refractivity contribution in [1.82, 2.24) is 15.0 Å². The van der Waals surface area contributed by atoms with E-state index < -0.39 is 6.03 Å². The SMILES string of the molecule is CC(C)N1CC(Oc2ccc(C(=O)Nc3ccc(NC(=O)Nc4cc(C(C)(C)C)on4)cc3)nc2)C1. The number of amides is 3. The van der Waals surface area contributed by atoms with E-state index in [1.807, 2.05) is 20.8 Å². The Bertz CT molecular complexity index is 1190. The van der Waals surface area contributed by atoms with E-state index in [1.54, 1.807) is 48.7 Å². The maximum atomic E-state index is 12.6. The fourth-order valence-electron chi connectivity index (χ4n) is 3.54. The summed E-state index contributed by atoms with van der Waals surface area (Å²) in [5, 5.41) is 12.0. The molecule has 1 saturated heterocycles. The van der Waals surface area contributed by atoms with Crippen LogP contribution in [0.1, 0.15) is 50.9 Å². The van der Waals surface area contributed by atoms with Gasteiger partial charge in [0.1, 0.15) is 23.3 Å². The van der Waals surface area contributed by atoms with Gasteiger partial charge in [0, 0.05) is 42.0 Å². The molecule has 3 heterocycles. The van der Waals surface area contributed by atoms with Gasteiger partial charge in [0.2, 0.25) is 0 Å². The van der Waals surface area contributed by atoms with Gasteiger partial charge in [-0.05, 0) is 50.2 Å². The molecule has 0 bridgehead atoms. The number of aromatic nitrogens is 2. The lowest BCUT2D eigenvalue weighted by Gasteiger charge is -2.41. The van der Waals surface area contributed by atoms with E-state index in [1.165, 1.54) is 0 Å². The van der Waals surface area contributed by atoms with E-state index in [2.05, 4.69) is 44.8 Å². The van der Waals surface area contributed by atoms with Crippen molar-refractivity contribution < 1.29 is 18.8 Å². The van der Waals surface area contributed by atoms with Crippen LogP contribution >= 0.6 is 0 Å². The van der Waals surface area contributed by atoms with E-state index >= 15 is 0 Å². The fourth-order valence-corrected chi connectivity index (χ4v) is 3.54. The molecule has 10 nitrogen and oxygen atoms in total. The van der Waals surface area contributed by atoms with Crippen LogP contribution in [0, 0.1) is 0 Å². The molecule has 3 N–H and O–H groups in total. The number of rotatable bonds is 7. The second-order valence-corrected chi connectivity index (χ2v) is 10.1. The Kier molecular flexibility index (Phi) is 7.25. The molecule has 1 aliphatic rings. The third-order valence-corrected chi connectivity index (χ3v) is 5.77. The van der Waals surface area contributed by atoms with E-state index in [4.69, 9.17) is 9.26 Å². The number of nitrogens with one attached hydrogen (secondary N) is 3. The van der Waals surface area contributed by atoms with Crippen LogP contribution in [0.4, 0.5) is 22.0 Å². The Balaban J connectivity index is 1.25. The zero-order valence-corrected chi connectivity index (χ0v) is 21.2. The number of benzene rings is 1. The van der Waals surface area contributed by atoms with Crippen molar-refractivity contribution >= 4 is 29.1 Å². The highest BCUT2D eigenvalue weighted by atomic mass is 16.5. The molecule has 2 aromatic heterocycles. The predicted octanol–water partition coefficient (Wildman–Crippen LogP) is 4.73. The van der Waals surface area contributed by atoms with E-state index in [0.717, 1.165) is 13.1 Å². The largest absolute Gasteiger partial charge is 0.486 e. The van der Waals surface area contributed by atoms with Crippen LogP contribution in [-0.2, 0) is 5.41 Å². The number of hydrogen-bond donors (Lipinski definition) is 3. The molecule has 0 aliphatic carbocycles. The number of pyridine rings is 1. The maximum Gasteiger partial charge on any atom is 0.324 e. The van der Waals surface area contributed by atoms with Gasteiger partial charge in [-0.15, -0.1) is 0 Å². The highest BCUT2D eigenvalue weighted by Gasteiger charge is 2.30. The molecular formula is C26H32N6O4. The number of carbonyl (C=O) groups is 2. The highest BCUT2D eigenvalue weighted by Crippen LogP contribution is 2.24. The summed E-state index contributed by atoms with van der Waals surface area (Å²) >= 11 is 0. The highest BCUT2D eigenvalue weighted by molar-refractivity contribution is 6.03. The molecule has 1 aliphatic heterocycles. The van der Waals surface area contributed by atoms with Crippen molar-refractivity contribution in [3.63, 3.8) is 0 Å². The van der Waals surface area contributed by atoms with Crippen molar-refractivity contribution in [2.24, 2.45) is 0 Å². The van der Waals surface area contributed by atoms with Crippen molar-refractivity contribution in [3.8, 4) is 5.75 Å². The Morgan fingerprint density at radius 1 is 1.03 bits per heavy atom. The molecule has 3 amide bonds. The molecular weight excluding hydrogens is 460 g/mol. The number of nitrogens with zero attached hydrogens (tertiary/aromatic N) is 3. The molecule has 4 rings (SSSR count). The molecule has 3 aromatic rings. The van der Waals surface area contributed by atoms with Crippen LogP contribution in [-0.4, -0.2) is 52.2 Å². The lowest BCUT2D eigenvalue weighted by molar-refractivity contribution is -0.0000417. The lowest BCUT2D eigenvalue weighted by atomic mass is 9.93. The number of carbonyl (C=O) groups excluding carboxylic acids is 2. The fraction of sp³-hybridized carbons (Fsp3) is 0.385. The lowest BCUT2D eigenvalue weighted by Crippen LogP contribution is -2.56. The summed E-state index contributed by atoms with van der Waals surface area (Å²) < 4.78 is 11.2. The Labute approximate surface area is 210 Å². The average Bonchev–Trinajstić information content (AvgIpc) is 3.26. The summed E-state index contributed by atoms with van der Waals surface area (Å²) in [7, 11) is 0. The molecule has 1 aromatic carbocycles.